The highest BCUT2D eigenvalue weighted by atomic mass is 16.5. The van der Waals surface area contributed by atoms with Gasteiger partial charge in [0.15, 0.2) is 0 Å². The Hall–Kier alpha value is -3.81. The first kappa shape index (κ1) is 23.4. The Kier molecular flexibility index (Phi) is 6.58. The number of aromatic nitrogens is 1. The van der Waals surface area contributed by atoms with Crippen LogP contribution in [0.25, 0.3) is 10.9 Å². The standard InChI is InChI=1S/C26H29N3O5/c1-15(2)23(28-24(30)16-5-8-18(33-3)9-6-16)25(31)29-12-11-22-20(14-29)19-13-17(26(32)34-4)7-10-21(19)27-22/h5-10,13,15,23,27H,11-12,14H2,1-4H3,(H,28,30). The molecule has 0 radical (unpaired) electrons. The molecule has 0 spiro atoms. The zero-order chi connectivity index (χ0) is 24.4. The molecule has 0 aliphatic carbocycles. The lowest BCUT2D eigenvalue weighted by atomic mass is 9.98. The first-order valence-corrected chi connectivity index (χ1v) is 11.3. The van der Waals surface area contributed by atoms with Crippen LogP contribution in [0.15, 0.2) is 42.5 Å². The summed E-state index contributed by atoms with van der Waals surface area (Å²) in [6.07, 6.45) is 0.667. The Bertz CT molecular complexity index is 1230. The van der Waals surface area contributed by atoms with Gasteiger partial charge in [-0.15, -0.1) is 0 Å². The number of methoxy groups -OCH3 is 2. The third kappa shape index (κ3) is 4.48. The molecule has 0 bridgehead atoms. The molecule has 1 aliphatic rings. The average Bonchev–Trinajstić information content (AvgIpc) is 3.23. The van der Waals surface area contributed by atoms with E-state index in [9.17, 15) is 14.4 Å². The van der Waals surface area contributed by atoms with Gasteiger partial charge in [-0.1, -0.05) is 13.8 Å². The van der Waals surface area contributed by atoms with E-state index in [1.807, 2.05) is 19.9 Å². The van der Waals surface area contributed by atoms with E-state index in [4.69, 9.17) is 9.47 Å². The number of hydrogen-bond acceptors (Lipinski definition) is 5. The quantitative estimate of drug-likeness (QED) is 0.547. The van der Waals surface area contributed by atoms with Crippen molar-refractivity contribution in [2.45, 2.75) is 32.9 Å². The molecule has 2 N–H and O–H groups in total. The second kappa shape index (κ2) is 9.59. The van der Waals surface area contributed by atoms with Crippen LogP contribution in [0.4, 0.5) is 0 Å². The van der Waals surface area contributed by atoms with E-state index in [-0.39, 0.29) is 17.7 Å². The molecule has 1 unspecified atom stereocenters. The van der Waals surface area contributed by atoms with Crippen LogP contribution in [0.2, 0.25) is 0 Å². The van der Waals surface area contributed by atoms with Gasteiger partial charge in [-0.25, -0.2) is 4.79 Å². The van der Waals surface area contributed by atoms with Crippen molar-refractivity contribution in [2.75, 3.05) is 20.8 Å². The highest BCUT2D eigenvalue weighted by molar-refractivity contribution is 5.98. The molecule has 1 aliphatic heterocycles. The zero-order valence-corrected chi connectivity index (χ0v) is 19.8. The topological polar surface area (TPSA) is 101 Å². The molecule has 8 nitrogen and oxygen atoms in total. The van der Waals surface area contributed by atoms with Crippen LogP contribution in [0, 0.1) is 5.92 Å². The molecule has 4 rings (SSSR count). The van der Waals surface area contributed by atoms with Crippen LogP contribution < -0.4 is 10.1 Å². The number of amides is 2. The van der Waals surface area contributed by atoms with Gasteiger partial charge in [-0.05, 0) is 48.4 Å². The fourth-order valence-electron chi connectivity index (χ4n) is 4.32. The number of nitrogens with one attached hydrogen (secondary N) is 2. The van der Waals surface area contributed by atoms with E-state index in [0.29, 0.717) is 36.4 Å². The Morgan fingerprint density at radius 1 is 1.03 bits per heavy atom. The number of H-pyrrole nitrogens is 1. The molecular weight excluding hydrogens is 434 g/mol. The predicted molar refractivity (Wildman–Crippen MR) is 128 cm³/mol. The third-order valence-electron chi connectivity index (χ3n) is 6.28. The minimum absolute atomic E-state index is 0.0926. The van der Waals surface area contributed by atoms with E-state index in [0.717, 1.165) is 22.2 Å². The Morgan fingerprint density at radius 2 is 1.74 bits per heavy atom. The van der Waals surface area contributed by atoms with E-state index in [1.54, 1.807) is 48.4 Å². The number of esters is 1. The molecule has 0 fully saturated rings. The van der Waals surface area contributed by atoms with Crippen molar-refractivity contribution < 1.29 is 23.9 Å². The maximum atomic E-state index is 13.5. The number of nitrogens with zero attached hydrogens (tertiary/aromatic N) is 1. The smallest absolute Gasteiger partial charge is 0.337 e. The maximum absolute atomic E-state index is 13.5. The number of hydrogen-bond donors (Lipinski definition) is 2. The molecular formula is C26H29N3O5. The van der Waals surface area contributed by atoms with Crippen LogP contribution in [-0.2, 0) is 22.5 Å². The highest BCUT2D eigenvalue weighted by Crippen LogP contribution is 2.29. The summed E-state index contributed by atoms with van der Waals surface area (Å²) >= 11 is 0. The molecule has 3 aromatic rings. The summed E-state index contributed by atoms with van der Waals surface area (Å²) < 4.78 is 9.99. The summed E-state index contributed by atoms with van der Waals surface area (Å²) in [5.41, 5.74) is 3.90. The summed E-state index contributed by atoms with van der Waals surface area (Å²) in [4.78, 5) is 43.5. The van der Waals surface area contributed by atoms with Gasteiger partial charge in [-0.2, -0.15) is 0 Å². The van der Waals surface area contributed by atoms with Gasteiger partial charge < -0.3 is 24.7 Å². The van der Waals surface area contributed by atoms with E-state index in [2.05, 4.69) is 10.3 Å². The first-order valence-electron chi connectivity index (χ1n) is 11.3. The lowest BCUT2D eigenvalue weighted by Gasteiger charge is -2.32. The van der Waals surface area contributed by atoms with Crippen LogP contribution >= 0.6 is 0 Å². The minimum Gasteiger partial charge on any atom is -0.497 e. The van der Waals surface area contributed by atoms with Gasteiger partial charge >= 0.3 is 5.97 Å². The lowest BCUT2D eigenvalue weighted by molar-refractivity contribution is -0.135. The van der Waals surface area contributed by atoms with E-state index in [1.165, 1.54) is 7.11 Å². The number of benzene rings is 2. The summed E-state index contributed by atoms with van der Waals surface area (Å²) in [5.74, 6) is -0.263. The normalized spacial score (nSPS) is 14.0. The van der Waals surface area contributed by atoms with Crippen molar-refractivity contribution in [3.05, 3.63) is 64.8 Å². The first-order chi connectivity index (χ1) is 16.3. The molecule has 2 amide bonds. The molecule has 1 atom stereocenters. The van der Waals surface area contributed by atoms with Crippen molar-refractivity contribution in [1.29, 1.82) is 0 Å². The minimum atomic E-state index is -0.660. The van der Waals surface area contributed by atoms with Gasteiger partial charge in [0, 0.05) is 47.2 Å². The molecule has 2 heterocycles. The number of ether oxygens (including phenoxy) is 2. The summed E-state index contributed by atoms with van der Waals surface area (Å²) in [6.45, 7) is 4.78. The summed E-state index contributed by atoms with van der Waals surface area (Å²) in [7, 11) is 2.92. The Balaban J connectivity index is 1.54. The molecule has 34 heavy (non-hydrogen) atoms. The highest BCUT2D eigenvalue weighted by Gasteiger charge is 2.32. The predicted octanol–water partition coefficient (Wildman–Crippen LogP) is 3.30. The monoisotopic (exact) mass is 463 g/mol. The van der Waals surface area contributed by atoms with Crippen molar-refractivity contribution in [1.82, 2.24) is 15.2 Å². The number of carbonyl (C=O) groups excluding carboxylic acids is 3. The summed E-state index contributed by atoms with van der Waals surface area (Å²) in [6, 6.07) is 11.5. The van der Waals surface area contributed by atoms with Crippen LogP contribution in [0.1, 0.15) is 45.8 Å². The second-order valence-corrected chi connectivity index (χ2v) is 8.77. The molecule has 2 aromatic carbocycles. The second-order valence-electron chi connectivity index (χ2n) is 8.77. The summed E-state index contributed by atoms with van der Waals surface area (Å²) in [5, 5.41) is 3.82. The lowest BCUT2D eigenvalue weighted by Crippen LogP contribution is -2.52. The number of rotatable bonds is 6. The van der Waals surface area contributed by atoms with Gasteiger partial charge in [-0.3, -0.25) is 9.59 Å². The SMILES string of the molecule is COC(=O)c1ccc2[nH]c3c(c2c1)CN(C(=O)C(NC(=O)c1ccc(OC)cc1)C(C)C)CC3. The molecule has 1 aromatic heterocycles. The van der Waals surface area contributed by atoms with Gasteiger partial charge in [0.25, 0.3) is 5.91 Å². The molecule has 178 valence electrons. The van der Waals surface area contributed by atoms with Crippen LogP contribution in [-0.4, -0.2) is 54.5 Å². The molecule has 0 saturated heterocycles. The van der Waals surface area contributed by atoms with Crippen molar-refractivity contribution in [2.24, 2.45) is 5.92 Å². The molecule has 0 saturated carbocycles. The fraction of sp³-hybridized carbons (Fsp3) is 0.346. The van der Waals surface area contributed by atoms with E-state index < -0.39 is 12.0 Å². The van der Waals surface area contributed by atoms with Gasteiger partial charge in [0.05, 0.1) is 19.8 Å². The number of fused-ring (bicyclic) bond motifs is 3. The van der Waals surface area contributed by atoms with Gasteiger partial charge in [0.1, 0.15) is 11.8 Å². The Morgan fingerprint density at radius 3 is 2.38 bits per heavy atom. The Labute approximate surface area is 198 Å². The third-order valence-corrected chi connectivity index (χ3v) is 6.28. The van der Waals surface area contributed by atoms with Crippen molar-refractivity contribution in [3.8, 4) is 5.75 Å². The van der Waals surface area contributed by atoms with Crippen LogP contribution in [0.5, 0.6) is 5.75 Å². The fourth-order valence-corrected chi connectivity index (χ4v) is 4.32. The van der Waals surface area contributed by atoms with Crippen molar-refractivity contribution >= 4 is 28.7 Å². The largest absolute Gasteiger partial charge is 0.497 e. The van der Waals surface area contributed by atoms with Crippen LogP contribution in [0.3, 0.4) is 0 Å². The number of aromatic amines is 1. The van der Waals surface area contributed by atoms with E-state index >= 15 is 0 Å². The zero-order valence-electron chi connectivity index (χ0n) is 19.8. The number of carbonyl (C=O) groups is 3. The molecule has 8 heteroatoms. The maximum Gasteiger partial charge on any atom is 0.337 e. The van der Waals surface area contributed by atoms with Crippen molar-refractivity contribution in [3.63, 3.8) is 0 Å². The average molecular weight is 464 g/mol. The van der Waals surface area contributed by atoms with Gasteiger partial charge in [0.2, 0.25) is 5.91 Å².